The maximum absolute atomic E-state index is 10.9. The molecule has 1 rings (SSSR count). The van der Waals surface area contributed by atoms with E-state index < -0.39 is 0 Å². The Kier molecular flexibility index (Phi) is 6.57. The largest absolute Gasteiger partial charge is 0.379 e. The Morgan fingerprint density at radius 2 is 2.11 bits per heavy atom. The minimum absolute atomic E-state index is 0.166. The predicted molar refractivity (Wildman–Crippen MR) is 78.6 cm³/mol. The van der Waals surface area contributed by atoms with Gasteiger partial charge in [0.1, 0.15) is 5.69 Å². The van der Waals surface area contributed by atoms with Crippen LogP contribution in [0.1, 0.15) is 24.8 Å². The quantitative estimate of drug-likeness (QED) is 0.442. The minimum Gasteiger partial charge on any atom is -0.379 e. The number of unbranched alkanes of at least 4 members (excludes halogenated alkanes) is 2. The fraction of sp³-hybridized carbons (Fsp3) is 0.538. The van der Waals surface area contributed by atoms with E-state index in [-0.39, 0.29) is 10.6 Å². The zero-order chi connectivity index (χ0) is 13.4. The number of nitrogens with one attached hydrogen (secondary N) is 1. The van der Waals surface area contributed by atoms with Crippen molar-refractivity contribution in [2.75, 3.05) is 23.9 Å². The van der Waals surface area contributed by atoms with E-state index in [1.54, 1.807) is 12.1 Å². The lowest BCUT2D eigenvalue weighted by Crippen LogP contribution is -2.06. The lowest BCUT2D eigenvalue weighted by Gasteiger charge is -2.09. The molecule has 4 nitrogen and oxygen atoms in total. The normalized spacial score (nSPS) is 10.3. The van der Waals surface area contributed by atoms with Gasteiger partial charge in [-0.3, -0.25) is 10.1 Å². The molecule has 0 aromatic heterocycles. The molecule has 100 valence electrons. The van der Waals surface area contributed by atoms with Crippen molar-refractivity contribution in [1.29, 1.82) is 0 Å². The molecule has 0 saturated carbocycles. The Balaban J connectivity index is 2.48. The first-order chi connectivity index (χ1) is 8.66. The molecule has 0 bridgehead atoms. The van der Waals surface area contributed by atoms with Crippen molar-refractivity contribution in [2.24, 2.45) is 0 Å². The van der Waals surface area contributed by atoms with E-state index in [2.05, 4.69) is 11.6 Å². The number of nitro groups is 1. The van der Waals surface area contributed by atoms with Crippen molar-refractivity contribution < 1.29 is 4.92 Å². The van der Waals surface area contributed by atoms with Gasteiger partial charge in [-0.2, -0.15) is 11.8 Å². The van der Waals surface area contributed by atoms with Crippen LogP contribution in [0.25, 0.3) is 0 Å². The second-order valence-corrected chi connectivity index (χ2v) is 5.19. The molecule has 18 heavy (non-hydrogen) atoms. The van der Waals surface area contributed by atoms with Crippen LogP contribution in [0.15, 0.2) is 18.2 Å². The zero-order valence-corrected chi connectivity index (χ0v) is 11.8. The number of thioether (sulfide) groups is 1. The Labute approximate surface area is 112 Å². The number of hydrogen-bond acceptors (Lipinski definition) is 4. The molecule has 0 saturated heterocycles. The Morgan fingerprint density at radius 1 is 1.33 bits per heavy atom. The molecular weight excluding hydrogens is 248 g/mol. The highest BCUT2D eigenvalue weighted by molar-refractivity contribution is 7.98. The molecule has 0 fully saturated rings. The van der Waals surface area contributed by atoms with E-state index in [4.69, 9.17) is 0 Å². The number of anilines is 1. The molecule has 0 atom stereocenters. The summed E-state index contributed by atoms with van der Waals surface area (Å²) in [4.78, 5) is 10.6. The van der Waals surface area contributed by atoms with Crippen LogP contribution in [0.4, 0.5) is 11.4 Å². The van der Waals surface area contributed by atoms with Crippen molar-refractivity contribution in [3.63, 3.8) is 0 Å². The summed E-state index contributed by atoms with van der Waals surface area (Å²) in [5, 5.41) is 14.1. The van der Waals surface area contributed by atoms with Gasteiger partial charge in [0.05, 0.1) is 4.92 Å². The van der Waals surface area contributed by atoms with E-state index in [1.807, 2.05) is 24.8 Å². The fourth-order valence-electron chi connectivity index (χ4n) is 1.80. The van der Waals surface area contributed by atoms with E-state index in [1.165, 1.54) is 12.2 Å². The van der Waals surface area contributed by atoms with Crippen molar-refractivity contribution in [2.45, 2.75) is 26.2 Å². The molecule has 1 aromatic rings. The summed E-state index contributed by atoms with van der Waals surface area (Å²) in [7, 11) is 0. The molecule has 0 aliphatic rings. The van der Waals surface area contributed by atoms with Gasteiger partial charge in [0.25, 0.3) is 5.69 Å². The van der Waals surface area contributed by atoms with Crippen LogP contribution in [0.5, 0.6) is 0 Å². The Hall–Kier alpha value is -1.23. The summed E-state index contributed by atoms with van der Waals surface area (Å²) in [6.45, 7) is 2.68. The summed E-state index contributed by atoms with van der Waals surface area (Å²) >= 11 is 1.86. The number of hydrogen-bond donors (Lipinski definition) is 1. The third-order valence-corrected chi connectivity index (χ3v) is 3.47. The topological polar surface area (TPSA) is 55.2 Å². The van der Waals surface area contributed by atoms with Gasteiger partial charge < -0.3 is 5.32 Å². The first kappa shape index (κ1) is 14.8. The minimum atomic E-state index is -0.330. The first-order valence-corrected chi connectivity index (χ1v) is 7.53. The summed E-state index contributed by atoms with van der Waals surface area (Å²) in [5.74, 6) is 1.19. The highest BCUT2D eigenvalue weighted by Gasteiger charge is 2.14. The van der Waals surface area contributed by atoms with Gasteiger partial charge in [0.15, 0.2) is 0 Å². The molecule has 0 unspecified atom stereocenters. The van der Waals surface area contributed by atoms with Gasteiger partial charge >= 0.3 is 0 Å². The standard InChI is InChI=1S/C13H20N2O2S/c1-11-7-6-8-12(15(16)17)13(11)14-9-4-3-5-10-18-2/h6-8,14H,3-5,9-10H2,1-2H3. The summed E-state index contributed by atoms with van der Waals surface area (Å²) in [6.07, 6.45) is 5.52. The number of aryl methyl sites for hydroxylation is 1. The third kappa shape index (κ3) is 4.56. The summed E-state index contributed by atoms with van der Waals surface area (Å²) in [6, 6.07) is 5.16. The molecule has 0 aliphatic carbocycles. The maximum atomic E-state index is 10.9. The smallest absolute Gasteiger partial charge is 0.292 e. The van der Waals surface area contributed by atoms with E-state index in [0.29, 0.717) is 5.69 Å². The second kappa shape index (κ2) is 7.97. The number of nitrogens with zero attached hydrogens (tertiary/aromatic N) is 1. The molecule has 1 aromatic carbocycles. The average Bonchev–Trinajstić information content (AvgIpc) is 2.34. The maximum Gasteiger partial charge on any atom is 0.292 e. The summed E-state index contributed by atoms with van der Waals surface area (Å²) < 4.78 is 0. The van der Waals surface area contributed by atoms with Gasteiger partial charge in [-0.1, -0.05) is 18.6 Å². The fourth-order valence-corrected chi connectivity index (χ4v) is 2.29. The van der Waals surface area contributed by atoms with Gasteiger partial charge in [-0.15, -0.1) is 0 Å². The Bertz CT molecular complexity index is 397. The SMILES string of the molecule is CSCCCCCNc1c(C)cccc1[N+](=O)[O-]. The first-order valence-electron chi connectivity index (χ1n) is 6.13. The zero-order valence-electron chi connectivity index (χ0n) is 10.9. The number of para-hydroxylation sites is 1. The van der Waals surface area contributed by atoms with Crippen LogP contribution in [0.2, 0.25) is 0 Å². The molecule has 0 amide bonds. The number of rotatable bonds is 8. The molecule has 0 spiro atoms. The van der Waals surface area contributed by atoms with Crippen LogP contribution in [0.3, 0.4) is 0 Å². The van der Waals surface area contributed by atoms with E-state index in [9.17, 15) is 10.1 Å². The average molecular weight is 268 g/mol. The molecule has 0 heterocycles. The summed E-state index contributed by atoms with van der Waals surface area (Å²) in [5.41, 5.74) is 1.75. The number of benzene rings is 1. The van der Waals surface area contributed by atoms with Crippen molar-refractivity contribution in [3.05, 3.63) is 33.9 Å². The van der Waals surface area contributed by atoms with Crippen molar-refractivity contribution >= 4 is 23.1 Å². The Morgan fingerprint density at radius 3 is 2.78 bits per heavy atom. The van der Waals surface area contributed by atoms with Crippen LogP contribution in [0, 0.1) is 17.0 Å². The molecular formula is C13H20N2O2S. The molecule has 0 aliphatic heterocycles. The lowest BCUT2D eigenvalue weighted by molar-refractivity contribution is -0.384. The predicted octanol–water partition coefficient (Wildman–Crippen LogP) is 3.85. The lowest BCUT2D eigenvalue weighted by atomic mass is 10.1. The van der Waals surface area contributed by atoms with Gasteiger partial charge in [0, 0.05) is 12.6 Å². The van der Waals surface area contributed by atoms with Crippen LogP contribution in [-0.4, -0.2) is 23.5 Å². The number of nitro benzene ring substituents is 1. The highest BCUT2D eigenvalue weighted by Crippen LogP contribution is 2.27. The van der Waals surface area contributed by atoms with Gasteiger partial charge in [-0.05, 0) is 37.3 Å². The second-order valence-electron chi connectivity index (χ2n) is 4.21. The van der Waals surface area contributed by atoms with Crippen molar-refractivity contribution in [1.82, 2.24) is 0 Å². The third-order valence-electron chi connectivity index (χ3n) is 2.77. The van der Waals surface area contributed by atoms with Crippen LogP contribution in [-0.2, 0) is 0 Å². The van der Waals surface area contributed by atoms with E-state index >= 15 is 0 Å². The van der Waals surface area contributed by atoms with Crippen LogP contribution >= 0.6 is 11.8 Å². The van der Waals surface area contributed by atoms with Gasteiger partial charge in [0.2, 0.25) is 0 Å². The molecule has 1 N–H and O–H groups in total. The van der Waals surface area contributed by atoms with Crippen LogP contribution < -0.4 is 5.32 Å². The van der Waals surface area contributed by atoms with Crippen molar-refractivity contribution in [3.8, 4) is 0 Å². The molecule has 0 radical (unpaired) electrons. The van der Waals surface area contributed by atoms with Gasteiger partial charge in [-0.25, -0.2) is 0 Å². The van der Waals surface area contributed by atoms with E-state index in [0.717, 1.165) is 24.9 Å². The molecule has 5 heteroatoms. The highest BCUT2D eigenvalue weighted by atomic mass is 32.2. The monoisotopic (exact) mass is 268 g/mol.